The third-order valence-corrected chi connectivity index (χ3v) is 4.14. The van der Waals surface area contributed by atoms with Crippen LogP contribution in [0.3, 0.4) is 0 Å². The molecular formula is C14H26N2O2. The zero-order valence-corrected chi connectivity index (χ0v) is 11.9. The summed E-state index contributed by atoms with van der Waals surface area (Å²) in [6.07, 6.45) is 5.42. The van der Waals surface area contributed by atoms with Crippen molar-refractivity contribution in [2.75, 3.05) is 13.1 Å². The summed E-state index contributed by atoms with van der Waals surface area (Å²) in [5.41, 5.74) is -0.362. The van der Waals surface area contributed by atoms with Crippen molar-refractivity contribution in [2.45, 2.75) is 70.6 Å². The molecule has 1 amide bonds. The van der Waals surface area contributed by atoms with Gasteiger partial charge in [-0.3, -0.25) is 0 Å². The molecule has 2 aliphatic rings. The number of carbonyl (C=O) groups excluding carboxylic acids is 1. The van der Waals surface area contributed by atoms with E-state index < -0.39 is 0 Å². The molecule has 1 aliphatic carbocycles. The standard InChI is InChI=1S/C14H26N2O2/c1-4-14(2,3)18-13(17)15-11-7-9-16(10-8-11)12-5-6-12/h11-12H,4-10H2,1-3H3,(H,15,17). The van der Waals surface area contributed by atoms with Gasteiger partial charge in [0.25, 0.3) is 0 Å². The summed E-state index contributed by atoms with van der Waals surface area (Å²) < 4.78 is 5.41. The smallest absolute Gasteiger partial charge is 0.407 e. The number of piperidine rings is 1. The molecule has 2 fully saturated rings. The zero-order chi connectivity index (χ0) is 13.2. The Balaban J connectivity index is 1.69. The van der Waals surface area contributed by atoms with Crippen LogP contribution in [-0.4, -0.2) is 41.8 Å². The second-order valence-electron chi connectivity index (χ2n) is 6.19. The average Bonchev–Trinajstić information content (AvgIpc) is 3.13. The Morgan fingerprint density at radius 2 is 1.89 bits per heavy atom. The van der Waals surface area contributed by atoms with Crippen molar-refractivity contribution in [3.63, 3.8) is 0 Å². The minimum atomic E-state index is -0.362. The first-order valence-electron chi connectivity index (χ1n) is 7.24. The maximum absolute atomic E-state index is 11.8. The summed E-state index contributed by atoms with van der Waals surface area (Å²) in [6, 6.07) is 1.14. The van der Waals surface area contributed by atoms with Gasteiger partial charge in [0.1, 0.15) is 5.60 Å². The first-order chi connectivity index (χ1) is 8.50. The fourth-order valence-electron chi connectivity index (χ4n) is 2.37. The van der Waals surface area contributed by atoms with Crippen molar-refractivity contribution < 1.29 is 9.53 Å². The van der Waals surface area contributed by atoms with Crippen molar-refractivity contribution in [3.05, 3.63) is 0 Å². The number of nitrogens with zero attached hydrogens (tertiary/aromatic N) is 1. The van der Waals surface area contributed by atoms with Gasteiger partial charge in [0, 0.05) is 25.2 Å². The highest BCUT2D eigenvalue weighted by Gasteiger charge is 2.32. The lowest BCUT2D eigenvalue weighted by atomic mass is 10.1. The van der Waals surface area contributed by atoms with Gasteiger partial charge in [-0.05, 0) is 46.0 Å². The Labute approximate surface area is 110 Å². The maximum Gasteiger partial charge on any atom is 0.407 e. The molecule has 0 atom stereocenters. The maximum atomic E-state index is 11.8. The normalized spacial score (nSPS) is 22.8. The van der Waals surface area contributed by atoms with Crippen LogP contribution in [0, 0.1) is 0 Å². The number of hydrogen-bond donors (Lipinski definition) is 1. The monoisotopic (exact) mass is 254 g/mol. The van der Waals surface area contributed by atoms with E-state index in [1.165, 1.54) is 12.8 Å². The average molecular weight is 254 g/mol. The van der Waals surface area contributed by atoms with Gasteiger partial charge in [-0.25, -0.2) is 4.79 Å². The molecule has 4 nitrogen and oxygen atoms in total. The molecule has 0 radical (unpaired) electrons. The summed E-state index contributed by atoms with van der Waals surface area (Å²) in [6.45, 7) is 8.16. The fraction of sp³-hybridized carbons (Fsp3) is 0.929. The first-order valence-corrected chi connectivity index (χ1v) is 7.24. The van der Waals surface area contributed by atoms with Crippen molar-refractivity contribution in [1.82, 2.24) is 10.2 Å². The lowest BCUT2D eigenvalue weighted by molar-refractivity contribution is 0.0322. The van der Waals surface area contributed by atoms with E-state index in [9.17, 15) is 4.79 Å². The molecule has 1 N–H and O–H groups in total. The molecular weight excluding hydrogens is 228 g/mol. The highest BCUT2D eigenvalue weighted by Crippen LogP contribution is 2.29. The molecule has 4 heteroatoms. The fourth-order valence-corrected chi connectivity index (χ4v) is 2.37. The van der Waals surface area contributed by atoms with Crippen LogP contribution in [0.15, 0.2) is 0 Å². The Bertz CT molecular complexity index is 292. The van der Waals surface area contributed by atoms with E-state index in [0.717, 1.165) is 38.4 Å². The van der Waals surface area contributed by atoms with E-state index in [-0.39, 0.29) is 11.7 Å². The van der Waals surface area contributed by atoms with Crippen LogP contribution in [0.5, 0.6) is 0 Å². The lowest BCUT2D eigenvalue weighted by Crippen LogP contribution is -2.46. The van der Waals surface area contributed by atoms with Crippen LogP contribution < -0.4 is 5.32 Å². The minimum absolute atomic E-state index is 0.258. The molecule has 0 aromatic heterocycles. The number of rotatable bonds is 4. The van der Waals surface area contributed by atoms with Gasteiger partial charge in [0.15, 0.2) is 0 Å². The summed E-state index contributed by atoms with van der Waals surface area (Å²) >= 11 is 0. The van der Waals surface area contributed by atoms with Crippen molar-refractivity contribution >= 4 is 6.09 Å². The lowest BCUT2D eigenvalue weighted by Gasteiger charge is -2.33. The largest absolute Gasteiger partial charge is 0.444 e. The van der Waals surface area contributed by atoms with Crippen molar-refractivity contribution in [2.24, 2.45) is 0 Å². The number of hydrogen-bond acceptors (Lipinski definition) is 3. The molecule has 1 saturated heterocycles. The topological polar surface area (TPSA) is 41.6 Å². The number of amides is 1. The van der Waals surface area contributed by atoms with Crippen molar-refractivity contribution in [3.8, 4) is 0 Å². The van der Waals surface area contributed by atoms with E-state index >= 15 is 0 Å². The molecule has 1 aliphatic heterocycles. The summed E-state index contributed by atoms with van der Waals surface area (Å²) in [7, 11) is 0. The predicted octanol–water partition coefficient (Wildman–Crippen LogP) is 2.53. The summed E-state index contributed by atoms with van der Waals surface area (Å²) in [5.74, 6) is 0. The van der Waals surface area contributed by atoms with Crippen LogP contribution in [-0.2, 0) is 4.74 Å². The van der Waals surface area contributed by atoms with Crippen LogP contribution in [0.2, 0.25) is 0 Å². The molecule has 2 rings (SSSR count). The van der Waals surface area contributed by atoms with Crippen LogP contribution in [0.25, 0.3) is 0 Å². The molecule has 18 heavy (non-hydrogen) atoms. The molecule has 104 valence electrons. The van der Waals surface area contributed by atoms with Gasteiger partial charge in [0.05, 0.1) is 0 Å². The van der Waals surface area contributed by atoms with E-state index in [1.54, 1.807) is 0 Å². The van der Waals surface area contributed by atoms with E-state index in [0.29, 0.717) is 6.04 Å². The van der Waals surface area contributed by atoms with Gasteiger partial charge >= 0.3 is 6.09 Å². The van der Waals surface area contributed by atoms with Gasteiger partial charge in [0.2, 0.25) is 0 Å². The molecule has 0 unspecified atom stereocenters. The Kier molecular flexibility index (Phi) is 4.15. The Hall–Kier alpha value is -0.770. The number of ether oxygens (including phenoxy) is 1. The van der Waals surface area contributed by atoms with Crippen molar-refractivity contribution in [1.29, 1.82) is 0 Å². The third-order valence-electron chi connectivity index (χ3n) is 4.14. The number of nitrogens with one attached hydrogen (secondary N) is 1. The number of carbonyl (C=O) groups is 1. The molecule has 0 spiro atoms. The first kappa shape index (κ1) is 13.7. The van der Waals surface area contributed by atoms with Crippen LogP contribution in [0.1, 0.15) is 52.9 Å². The predicted molar refractivity (Wildman–Crippen MR) is 71.6 cm³/mol. The van der Waals surface area contributed by atoms with E-state index in [2.05, 4.69) is 10.2 Å². The van der Waals surface area contributed by atoms with E-state index in [4.69, 9.17) is 4.74 Å². The second kappa shape index (κ2) is 5.47. The Morgan fingerprint density at radius 1 is 1.28 bits per heavy atom. The molecule has 0 aromatic rings. The highest BCUT2D eigenvalue weighted by atomic mass is 16.6. The number of alkyl carbamates (subject to hydrolysis) is 1. The summed E-state index contributed by atoms with van der Waals surface area (Å²) in [4.78, 5) is 14.3. The molecule has 1 heterocycles. The minimum Gasteiger partial charge on any atom is -0.444 e. The van der Waals surface area contributed by atoms with Gasteiger partial charge in [-0.2, -0.15) is 0 Å². The quantitative estimate of drug-likeness (QED) is 0.838. The van der Waals surface area contributed by atoms with Gasteiger partial charge in [-0.15, -0.1) is 0 Å². The Morgan fingerprint density at radius 3 is 2.39 bits per heavy atom. The summed E-state index contributed by atoms with van der Waals surface area (Å²) in [5, 5.41) is 3.00. The van der Waals surface area contributed by atoms with Crippen LogP contribution in [0.4, 0.5) is 4.79 Å². The number of likely N-dealkylation sites (tertiary alicyclic amines) is 1. The van der Waals surface area contributed by atoms with E-state index in [1.807, 2.05) is 20.8 Å². The second-order valence-corrected chi connectivity index (χ2v) is 6.19. The third kappa shape index (κ3) is 3.87. The SMILES string of the molecule is CCC(C)(C)OC(=O)NC1CCN(C2CC2)CC1. The molecule has 1 saturated carbocycles. The van der Waals surface area contributed by atoms with Gasteiger partial charge < -0.3 is 15.0 Å². The highest BCUT2D eigenvalue weighted by molar-refractivity contribution is 5.68. The van der Waals surface area contributed by atoms with Gasteiger partial charge in [-0.1, -0.05) is 6.92 Å². The molecule has 0 aromatic carbocycles. The molecule has 0 bridgehead atoms. The van der Waals surface area contributed by atoms with Crippen LogP contribution >= 0.6 is 0 Å². The zero-order valence-electron chi connectivity index (χ0n) is 11.9.